The van der Waals surface area contributed by atoms with E-state index >= 15 is 0 Å². The van der Waals surface area contributed by atoms with Crippen LogP contribution in [0.1, 0.15) is 22.3 Å². The molecule has 17 heavy (non-hydrogen) atoms. The fourth-order valence-corrected chi connectivity index (χ4v) is 2.65. The molecule has 0 spiro atoms. The lowest BCUT2D eigenvalue weighted by Gasteiger charge is -2.15. The van der Waals surface area contributed by atoms with Crippen LogP contribution in [0.2, 0.25) is 5.02 Å². The SMILES string of the molecule is CNC(Cc1csc(C)n1)c1cccc(Cl)c1. The number of thiazole rings is 1. The third-order valence-electron chi connectivity index (χ3n) is 2.68. The molecule has 0 aliphatic heterocycles. The smallest absolute Gasteiger partial charge is 0.0897 e. The lowest BCUT2D eigenvalue weighted by Crippen LogP contribution is -2.18. The van der Waals surface area contributed by atoms with Gasteiger partial charge in [0.15, 0.2) is 0 Å². The zero-order valence-corrected chi connectivity index (χ0v) is 11.5. The van der Waals surface area contributed by atoms with E-state index in [2.05, 4.69) is 21.7 Å². The monoisotopic (exact) mass is 266 g/mol. The van der Waals surface area contributed by atoms with E-state index in [0.29, 0.717) is 0 Å². The Morgan fingerprint density at radius 2 is 2.29 bits per heavy atom. The zero-order valence-electron chi connectivity index (χ0n) is 9.90. The van der Waals surface area contributed by atoms with Crippen LogP contribution in [0.3, 0.4) is 0 Å². The number of hydrogen-bond donors (Lipinski definition) is 1. The van der Waals surface area contributed by atoms with Gasteiger partial charge in [-0.1, -0.05) is 23.7 Å². The second-order valence-corrected chi connectivity index (χ2v) is 5.46. The molecule has 2 nitrogen and oxygen atoms in total. The van der Waals surface area contributed by atoms with Crippen molar-refractivity contribution < 1.29 is 0 Å². The zero-order chi connectivity index (χ0) is 12.3. The van der Waals surface area contributed by atoms with Crippen molar-refractivity contribution in [3.05, 3.63) is 50.9 Å². The molecule has 0 radical (unpaired) electrons. The molecule has 0 amide bonds. The summed E-state index contributed by atoms with van der Waals surface area (Å²) >= 11 is 7.70. The molecular formula is C13H15ClN2S. The summed E-state index contributed by atoms with van der Waals surface area (Å²) in [7, 11) is 1.96. The Morgan fingerprint density at radius 3 is 2.88 bits per heavy atom. The highest BCUT2D eigenvalue weighted by molar-refractivity contribution is 7.09. The van der Waals surface area contributed by atoms with Crippen molar-refractivity contribution in [2.45, 2.75) is 19.4 Å². The van der Waals surface area contributed by atoms with E-state index in [9.17, 15) is 0 Å². The molecule has 2 aromatic rings. The molecule has 1 N–H and O–H groups in total. The molecule has 4 heteroatoms. The summed E-state index contributed by atoms with van der Waals surface area (Å²) in [5.74, 6) is 0. The quantitative estimate of drug-likeness (QED) is 0.915. The van der Waals surface area contributed by atoms with Gasteiger partial charge < -0.3 is 5.32 Å². The fourth-order valence-electron chi connectivity index (χ4n) is 1.82. The molecular weight excluding hydrogens is 252 g/mol. The summed E-state index contributed by atoms with van der Waals surface area (Å²) < 4.78 is 0. The number of rotatable bonds is 4. The highest BCUT2D eigenvalue weighted by Crippen LogP contribution is 2.21. The second kappa shape index (κ2) is 5.63. The van der Waals surface area contributed by atoms with Crippen LogP contribution in [-0.4, -0.2) is 12.0 Å². The predicted molar refractivity (Wildman–Crippen MR) is 73.8 cm³/mol. The average molecular weight is 267 g/mol. The lowest BCUT2D eigenvalue weighted by molar-refractivity contribution is 0.585. The molecule has 1 aromatic heterocycles. The normalized spacial score (nSPS) is 12.6. The average Bonchev–Trinajstić information content (AvgIpc) is 2.72. The third kappa shape index (κ3) is 3.28. The lowest BCUT2D eigenvalue weighted by atomic mass is 10.0. The van der Waals surface area contributed by atoms with Crippen LogP contribution in [0.5, 0.6) is 0 Å². The van der Waals surface area contributed by atoms with Gasteiger partial charge in [0, 0.05) is 22.9 Å². The Morgan fingerprint density at radius 1 is 1.47 bits per heavy atom. The van der Waals surface area contributed by atoms with Crippen LogP contribution >= 0.6 is 22.9 Å². The molecule has 1 aromatic carbocycles. The maximum absolute atomic E-state index is 6.01. The minimum absolute atomic E-state index is 0.259. The minimum Gasteiger partial charge on any atom is -0.313 e. The summed E-state index contributed by atoms with van der Waals surface area (Å²) in [4.78, 5) is 4.49. The van der Waals surface area contributed by atoms with E-state index in [-0.39, 0.29) is 6.04 Å². The minimum atomic E-state index is 0.259. The van der Waals surface area contributed by atoms with E-state index in [0.717, 1.165) is 22.1 Å². The number of nitrogens with zero attached hydrogens (tertiary/aromatic N) is 1. The summed E-state index contributed by atoms with van der Waals surface area (Å²) in [6.07, 6.45) is 0.890. The first-order valence-electron chi connectivity index (χ1n) is 5.53. The van der Waals surface area contributed by atoms with Gasteiger partial charge >= 0.3 is 0 Å². The Labute approximate surface area is 111 Å². The fraction of sp³-hybridized carbons (Fsp3) is 0.308. The largest absolute Gasteiger partial charge is 0.313 e. The molecule has 0 fully saturated rings. The van der Waals surface area contributed by atoms with Crippen molar-refractivity contribution in [1.29, 1.82) is 0 Å². The number of aryl methyl sites for hydroxylation is 1. The third-order valence-corrected chi connectivity index (χ3v) is 3.74. The maximum atomic E-state index is 6.01. The Hall–Kier alpha value is -0.900. The first kappa shape index (κ1) is 12.6. The van der Waals surface area contributed by atoms with Gasteiger partial charge in [0.25, 0.3) is 0 Å². The van der Waals surface area contributed by atoms with Crippen LogP contribution in [-0.2, 0) is 6.42 Å². The van der Waals surface area contributed by atoms with Gasteiger partial charge in [-0.05, 0) is 31.7 Å². The van der Waals surface area contributed by atoms with E-state index in [4.69, 9.17) is 11.6 Å². The molecule has 2 rings (SSSR count). The van der Waals surface area contributed by atoms with Gasteiger partial charge in [-0.15, -0.1) is 11.3 Å². The number of aromatic nitrogens is 1. The van der Waals surface area contributed by atoms with Crippen LogP contribution in [0.15, 0.2) is 29.6 Å². The van der Waals surface area contributed by atoms with Gasteiger partial charge in [-0.25, -0.2) is 4.98 Å². The Bertz CT molecular complexity index is 496. The van der Waals surface area contributed by atoms with Gasteiger partial charge in [-0.3, -0.25) is 0 Å². The molecule has 1 heterocycles. The van der Waals surface area contributed by atoms with Crippen molar-refractivity contribution in [3.63, 3.8) is 0 Å². The van der Waals surface area contributed by atoms with Gasteiger partial charge in [-0.2, -0.15) is 0 Å². The molecule has 0 saturated heterocycles. The molecule has 1 unspecified atom stereocenters. The first-order chi connectivity index (χ1) is 8.19. The van der Waals surface area contributed by atoms with Crippen LogP contribution < -0.4 is 5.32 Å². The van der Waals surface area contributed by atoms with Gasteiger partial charge in [0.1, 0.15) is 0 Å². The van der Waals surface area contributed by atoms with Crippen molar-refractivity contribution in [3.8, 4) is 0 Å². The molecule has 90 valence electrons. The predicted octanol–water partition coefficient (Wildman–Crippen LogP) is 3.61. The van der Waals surface area contributed by atoms with E-state index in [1.165, 1.54) is 5.56 Å². The molecule has 0 saturated carbocycles. The molecule has 0 aliphatic rings. The highest BCUT2D eigenvalue weighted by atomic mass is 35.5. The van der Waals surface area contributed by atoms with Crippen molar-refractivity contribution in [2.75, 3.05) is 7.05 Å². The summed E-state index contributed by atoms with van der Waals surface area (Å²) in [5, 5.41) is 7.31. The standard InChI is InChI=1S/C13H15ClN2S/c1-9-16-12(8-17-9)7-13(15-2)10-4-3-5-11(14)6-10/h3-6,8,13,15H,7H2,1-2H3. The molecule has 0 aliphatic carbocycles. The number of likely N-dealkylation sites (N-methyl/N-ethyl adjacent to an activating group) is 1. The number of halogens is 1. The van der Waals surface area contributed by atoms with Crippen molar-refractivity contribution in [1.82, 2.24) is 10.3 Å². The van der Waals surface area contributed by atoms with Gasteiger partial charge in [0.05, 0.1) is 10.7 Å². The van der Waals surface area contributed by atoms with Crippen LogP contribution in [0.4, 0.5) is 0 Å². The van der Waals surface area contributed by atoms with Gasteiger partial charge in [0.2, 0.25) is 0 Å². The number of nitrogens with one attached hydrogen (secondary N) is 1. The van der Waals surface area contributed by atoms with E-state index in [1.54, 1.807) is 11.3 Å². The van der Waals surface area contributed by atoms with Crippen molar-refractivity contribution in [2.24, 2.45) is 0 Å². The molecule has 1 atom stereocenters. The van der Waals surface area contributed by atoms with Crippen LogP contribution in [0, 0.1) is 6.92 Å². The summed E-state index contributed by atoms with van der Waals surface area (Å²) in [5.41, 5.74) is 2.33. The topological polar surface area (TPSA) is 24.9 Å². The first-order valence-corrected chi connectivity index (χ1v) is 6.78. The second-order valence-electron chi connectivity index (χ2n) is 3.96. The highest BCUT2D eigenvalue weighted by Gasteiger charge is 2.12. The maximum Gasteiger partial charge on any atom is 0.0897 e. The van der Waals surface area contributed by atoms with E-state index in [1.807, 2.05) is 32.2 Å². The van der Waals surface area contributed by atoms with Crippen LogP contribution in [0.25, 0.3) is 0 Å². The summed E-state index contributed by atoms with van der Waals surface area (Å²) in [6, 6.07) is 8.23. The number of hydrogen-bond acceptors (Lipinski definition) is 3. The van der Waals surface area contributed by atoms with Crippen molar-refractivity contribution >= 4 is 22.9 Å². The number of benzene rings is 1. The molecule has 0 bridgehead atoms. The Kier molecular flexibility index (Phi) is 4.15. The summed E-state index contributed by atoms with van der Waals surface area (Å²) in [6.45, 7) is 2.03. The van der Waals surface area contributed by atoms with E-state index < -0.39 is 0 Å². The Balaban J connectivity index is 2.16.